The third-order valence-corrected chi connectivity index (χ3v) is 2.26. The Morgan fingerprint density at radius 2 is 2.07 bits per heavy atom. The zero-order valence-corrected chi connectivity index (χ0v) is 8.31. The highest BCUT2D eigenvalue weighted by Crippen LogP contribution is 2.30. The quantitative estimate of drug-likeness (QED) is 0.849. The molecule has 0 saturated carbocycles. The molecule has 0 aliphatic carbocycles. The van der Waals surface area contributed by atoms with E-state index in [2.05, 4.69) is 0 Å². The molecule has 0 unspecified atom stereocenters. The lowest BCUT2D eigenvalue weighted by Gasteiger charge is -2.21. The van der Waals surface area contributed by atoms with Crippen LogP contribution in [0.15, 0.2) is 18.2 Å². The van der Waals surface area contributed by atoms with Crippen LogP contribution >= 0.6 is 11.6 Å². The van der Waals surface area contributed by atoms with Gasteiger partial charge in [-0.25, -0.2) is 13.2 Å². The van der Waals surface area contributed by atoms with Crippen molar-refractivity contribution in [3.05, 3.63) is 34.6 Å². The van der Waals surface area contributed by atoms with E-state index >= 15 is 0 Å². The molecule has 0 spiro atoms. The van der Waals surface area contributed by atoms with Gasteiger partial charge in [0.2, 0.25) is 0 Å². The number of halogens is 4. The summed E-state index contributed by atoms with van der Waals surface area (Å²) in [5.41, 5.74) is 5.18. The molecule has 0 amide bonds. The highest BCUT2D eigenvalue weighted by atomic mass is 35.5. The van der Waals surface area contributed by atoms with Crippen LogP contribution in [-0.4, -0.2) is 17.6 Å². The molecule has 6 heteroatoms. The molecule has 84 valence electrons. The zero-order valence-electron chi connectivity index (χ0n) is 7.55. The van der Waals surface area contributed by atoms with Crippen molar-refractivity contribution in [2.75, 3.05) is 6.61 Å². The van der Waals surface area contributed by atoms with Gasteiger partial charge >= 0.3 is 0 Å². The summed E-state index contributed by atoms with van der Waals surface area (Å²) in [6.45, 7) is -1.37. The van der Waals surface area contributed by atoms with Crippen LogP contribution in [0.2, 0.25) is 5.02 Å². The molecule has 1 aromatic carbocycles. The number of hydrogen-bond donors (Lipinski definition) is 2. The van der Waals surface area contributed by atoms with Crippen molar-refractivity contribution in [3.63, 3.8) is 0 Å². The van der Waals surface area contributed by atoms with Crippen molar-refractivity contribution in [1.29, 1.82) is 0 Å². The van der Waals surface area contributed by atoms with Crippen molar-refractivity contribution in [2.24, 2.45) is 5.73 Å². The zero-order chi connectivity index (χ0) is 11.6. The molecule has 0 aromatic heterocycles. The van der Waals surface area contributed by atoms with E-state index in [1.54, 1.807) is 0 Å². The van der Waals surface area contributed by atoms with Crippen LogP contribution in [0, 0.1) is 5.82 Å². The summed E-state index contributed by atoms with van der Waals surface area (Å²) in [6.07, 6.45) is 0. The molecule has 0 aliphatic rings. The third kappa shape index (κ3) is 2.62. The normalized spacial score (nSPS) is 14.0. The van der Waals surface area contributed by atoms with Gasteiger partial charge in [0, 0.05) is 0 Å². The number of alkyl halides is 2. The highest BCUT2D eigenvalue weighted by molar-refractivity contribution is 6.30. The smallest absolute Gasteiger partial charge is 0.289 e. The molecular formula is C9H9ClF3NO. The Balaban J connectivity index is 3.02. The van der Waals surface area contributed by atoms with Crippen LogP contribution < -0.4 is 5.73 Å². The van der Waals surface area contributed by atoms with E-state index in [1.165, 1.54) is 0 Å². The number of hydrogen-bond acceptors (Lipinski definition) is 2. The lowest BCUT2D eigenvalue weighted by molar-refractivity contribution is -0.0711. The van der Waals surface area contributed by atoms with Crippen LogP contribution in [0.4, 0.5) is 13.2 Å². The first-order valence-electron chi connectivity index (χ1n) is 4.07. The molecule has 1 atom stereocenters. The SMILES string of the molecule is N[C@H](c1ccc(F)c(Cl)c1)C(F)(F)CO. The van der Waals surface area contributed by atoms with Gasteiger partial charge in [-0.2, -0.15) is 0 Å². The first-order valence-corrected chi connectivity index (χ1v) is 4.45. The van der Waals surface area contributed by atoms with Gasteiger partial charge in [-0.3, -0.25) is 0 Å². The van der Waals surface area contributed by atoms with Crippen molar-refractivity contribution < 1.29 is 18.3 Å². The van der Waals surface area contributed by atoms with E-state index < -0.39 is 24.4 Å². The average Bonchev–Trinajstić information content (AvgIpc) is 2.21. The van der Waals surface area contributed by atoms with Crippen molar-refractivity contribution in [2.45, 2.75) is 12.0 Å². The first kappa shape index (κ1) is 12.3. The average molecular weight is 240 g/mol. The minimum atomic E-state index is -3.46. The Bertz CT molecular complexity index is 359. The Morgan fingerprint density at radius 3 is 2.53 bits per heavy atom. The first-order chi connectivity index (χ1) is 6.88. The number of nitrogens with two attached hydrogens (primary N) is 1. The molecule has 0 saturated heterocycles. The minimum Gasteiger partial charge on any atom is -0.390 e. The topological polar surface area (TPSA) is 46.2 Å². The summed E-state index contributed by atoms with van der Waals surface area (Å²) in [7, 11) is 0. The van der Waals surface area contributed by atoms with Gasteiger partial charge in [-0.15, -0.1) is 0 Å². The summed E-state index contributed by atoms with van der Waals surface area (Å²) in [5.74, 6) is -4.17. The molecule has 0 radical (unpaired) electrons. The van der Waals surface area contributed by atoms with Crippen LogP contribution in [0.5, 0.6) is 0 Å². The van der Waals surface area contributed by atoms with Gasteiger partial charge in [0.15, 0.2) is 0 Å². The maximum Gasteiger partial charge on any atom is 0.289 e. The van der Waals surface area contributed by atoms with Crippen LogP contribution in [0.1, 0.15) is 11.6 Å². The van der Waals surface area contributed by atoms with Gasteiger partial charge < -0.3 is 10.8 Å². The van der Waals surface area contributed by atoms with Crippen LogP contribution in [0.3, 0.4) is 0 Å². The van der Waals surface area contributed by atoms with E-state index in [0.29, 0.717) is 0 Å². The number of aliphatic hydroxyl groups excluding tert-OH is 1. The number of benzene rings is 1. The minimum absolute atomic E-state index is 0.0274. The summed E-state index contributed by atoms with van der Waals surface area (Å²) < 4.78 is 38.6. The Morgan fingerprint density at radius 1 is 1.47 bits per heavy atom. The maximum absolute atomic E-state index is 13.0. The Kier molecular flexibility index (Phi) is 3.59. The number of rotatable bonds is 3. The maximum atomic E-state index is 13.0. The van der Waals surface area contributed by atoms with Gasteiger partial charge in [-0.05, 0) is 17.7 Å². The van der Waals surface area contributed by atoms with E-state index in [0.717, 1.165) is 18.2 Å². The molecule has 0 heterocycles. The second-order valence-electron chi connectivity index (χ2n) is 3.07. The monoisotopic (exact) mass is 239 g/mol. The standard InChI is InChI=1S/C9H9ClF3NO/c10-6-3-5(1-2-7(6)11)8(14)9(12,13)4-15/h1-3,8,15H,4,14H2/t8-/m1/s1. The lowest BCUT2D eigenvalue weighted by atomic mass is 10.0. The van der Waals surface area contributed by atoms with E-state index in [-0.39, 0.29) is 10.6 Å². The van der Waals surface area contributed by atoms with Crippen LogP contribution in [0.25, 0.3) is 0 Å². The second-order valence-corrected chi connectivity index (χ2v) is 3.48. The van der Waals surface area contributed by atoms with Crippen LogP contribution in [-0.2, 0) is 0 Å². The van der Waals surface area contributed by atoms with E-state index in [1.807, 2.05) is 0 Å². The molecule has 15 heavy (non-hydrogen) atoms. The molecule has 3 N–H and O–H groups in total. The molecule has 1 aromatic rings. The van der Waals surface area contributed by atoms with Crippen molar-refractivity contribution in [3.8, 4) is 0 Å². The molecular weight excluding hydrogens is 231 g/mol. The van der Waals surface area contributed by atoms with Crippen molar-refractivity contribution >= 4 is 11.6 Å². The summed E-state index contributed by atoms with van der Waals surface area (Å²) in [4.78, 5) is 0. The van der Waals surface area contributed by atoms with Gasteiger partial charge in [0.1, 0.15) is 12.4 Å². The number of aliphatic hydroxyl groups is 1. The Labute approximate surface area is 89.5 Å². The molecule has 0 fully saturated rings. The van der Waals surface area contributed by atoms with Gasteiger partial charge in [0.05, 0.1) is 11.1 Å². The summed E-state index contributed by atoms with van der Waals surface area (Å²) in [6, 6.07) is 1.37. The predicted molar refractivity (Wildman–Crippen MR) is 50.4 cm³/mol. The summed E-state index contributed by atoms with van der Waals surface area (Å²) in [5, 5.41) is 8.13. The molecule has 2 nitrogen and oxygen atoms in total. The van der Waals surface area contributed by atoms with Gasteiger partial charge in [-0.1, -0.05) is 17.7 Å². The molecule has 0 bridgehead atoms. The second kappa shape index (κ2) is 4.38. The fraction of sp³-hybridized carbons (Fsp3) is 0.333. The molecule has 1 rings (SSSR count). The Hall–Kier alpha value is -0.780. The van der Waals surface area contributed by atoms with Crippen molar-refractivity contribution in [1.82, 2.24) is 0 Å². The lowest BCUT2D eigenvalue weighted by Crippen LogP contribution is -2.36. The fourth-order valence-electron chi connectivity index (χ4n) is 1.05. The fourth-order valence-corrected chi connectivity index (χ4v) is 1.24. The summed E-state index contributed by atoms with van der Waals surface area (Å²) >= 11 is 5.41. The van der Waals surface area contributed by atoms with E-state index in [4.69, 9.17) is 22.4 Å². The highest BCUT2D eigenvalue weighted by Gasteiger charge is 2.37. The van der Waals surface area contributed by atoms with Gasteiger partial charge in [0.25, 0.3) is 5.92 Å². The largest absolute Gasteiger partial charge is 0.390 e. The van der Waals surface area contributed by atoms with E-state index in [9.17, 15) is 13.2 Å². The predicted octanol–water partition coefficient (Wildman–Crippen LogP) is 2.11. The molecule has 0 aliphatic heterocycles. The third-order valence-electron chi connectivity index (χ3n) is 1.97.